The van der Waals surface area contributed by atoms with Gasteiger partial charge in [-0.15, -0.1) is 0 Å². The lowest BCUT2D eigenvalue weighted by atomic mass is 9.82. The van der Waals surface area contributed by atoms with Crippen molar-refractivity contribution in [3.8, 4) is 0 Å². The molecular formula is C19H21NO3S. The molecule has 1 atom stereocenters. The van der Waals surface area contributed by atoms with Crippen LogP contribution >= 0.6 is 0 Å². The molecule has 1 aliphatic rings. The zero-order chi connectivity index (χ0) is 17.4. The highest BCUT2D eigenvalue weighted by molar-refractivity contribution is 7.89. The molecular weight excluding hydrogens is 322 g/mol. The van der Waals surface area contributed by atoms with Gasteiger partial charge < -0.3 is 0 Å². The first-order valence-corrected chi connectivity index (χ1v) is 9.45. The lowest BCUT2D eigenvalue weighted by molar-refractivity contribution is -0.131. The molecule has 24 heavy (non-hydrogen) atoms. The number of carbonyl (C=O) groups excluding carboxylic acids is 1. The maximum atomic E-state index is 12.9. The van der Waals surface area contributed by atoms with E-state index in [1.54, 1.807) is 24.3 Å². The van der Waals surface area contributed by atoms with Crippen LogP contribution in [0.2, 0.25) is 0 Å². The van der Waals surface area contributed by atoms with E-state index < -0.39 is 15.4 Å². The largest absolute Gasteiger partial charge is 0.273 e. The van der Waals surface area contributed by atoms with Crippen molar-refractivity contribution in [2.45, 2.75) is 31.6 Å². The zero-order valence-corrected chi connectivity index (χ0v) is 14.7. The van der Waals surface area contributed by atoms with Crippen LogP contribution in [-0.2, 0) is 21.2 Å². The van der Waals surface area contributed by atoms with Crippen molar-refractivity contribution in [3.05, 3.63) is 65.7 Å². The van der Waals surface area contributed by atoms with E-state index in [2.05, 4.69) is 0 Å². The third-order valence-electron chi connectivity index (χ3n) is 4.66. The second-order valence-corrected chi connectivity index (χ2v) is 8.53. The fourth-order valence-electron chi connectivity index (χ4n) is 3.14. The number of rotatable bonds is 4. The van der Waals surface area contributed by atoms with Gasteiger partial charge in [-0.3, -0.25) is 4.79 Å². The molecule has 0 spiro atoms. The number of benzene rings is 2. The number of sulfonamides is 1. The van der Waals surface area contributed by atoms with Crippen molar-refractivity contribution in [1.29, 1.82) is 0 Å². The van der Waals surface area contributed by atoms with Gasteiger partial charge in [0.25, 0.3) is 10.0 Å². The molecule has 0 bridgehead atoms. The normalized spacial score (nSPS) is 21.2. The van der Waals surface area contributed by atoms with Gasteiger partial charge in [0.05, 0.1) is 10.3 Å². The highest BCUT2D eigenvalue weighted by atomic mass is 32.2. The molecule has 0 radical (unpaired) electrons. The van der Waals surface area contributed by atoms with Crippen LogP contribution in [0.5, 0.6) is 0 Å². The first-order valence-electron chi connectivity index (χ1n) is 8.01. The van der Waals surface area contributed by atoms with Gasteiger partial charge in [0.15, 0.2) is 0 Å². The SMILES string of the molecule is Cc1ccc(S(=O)(=O)N2CCC(C)(Cc3ccccc3)C2=O)cc1. The first kappa shape index (κ1) is 16.7. The van der Waals surface area contributed by atoms with Crippen molar-refractivity contribution in [1.82, 2.24) is 4.31 Å². The summed E-state index contributed by atoms with van der Waals surface area (Å²) in [6.45, 7) is 3.99. The van der Waals surface area contributed by atoms with Crippen molar-refractivity contribution in [3.63, 3.8) is 0 Å². The first-order chi connectivity index (χ1) is 11.3. The van der Waals surface area contributed by atoms with Gasteiger partial charge in [-0.25, -0.2) is 12.7 Å². The number of aryl methyl sites for hydroxylation is 1. The molecule has 4 nitrogen and oxygen atoms in total. The van der Waals surface area contributed by atoms with E-state index >= 15 is 0 Å². The lowest BCUT2D eigenvalue weighted by Gasteiger charge is -2.23. The summed E-state index contributed by atoms with van der Waals surface area (Å²) < 4.78 is 26.6. The summed E-state index contributed by atoms with van der Waals surface area (Å²) in [4.78, 5) is 13.0. The minimum atomic E-state index is -3.78. The Morgan fingerprint density at radius 3 is 2.29 bits per heavy atom. The molecule has 2 aromatic carbocycles. The van der Waals surface area contributed by atoms with Crippen LogP contribution in [0.25, 0.3) is 0 Å². The fraction of sp³-hybridized carbons (Fsp3) is 0.316. The lowest BCUT2D eigenvalue weighted by Crippen LogP contribution is -2.38. The van der Waals surface area contributed by atoms with Gasteiger partial charge in [0.1, 0.15) is 0 Å². The molecule has 0 N–H and O–H groups in total. The minimum absolute atomic E-state index is 0.172. The average Bonchev–Trinajstić information content (AvgIpc) is 2.85. The maximum absolute atomic E-state index is 12.9. The smallest absolute Gasteiger partial charge is 0.266 e. The van der Waals surface area contributed by atoms with E-state index in [4.69, 9.17) is 0 Å². The van der Waals surface area contributed by atoms with E-state index in [9.17, 15) is 13.2 Å². The maximum Gasteiger partial charge on any atom is 0.266 e. The second kappa shape index (κ2) is 6.06. The van der Waals surface area contributed by atoms with Gasteiger partial charge in [-0.1, -0.05) is 55.0 Å². The van der Waals surface area contributed by atoms with E-state index in [1.807, 2.05) is 44.2 Å². The summed E-state index contributed by atoms with van der Waals surface area (Å²) in [5, 5.41) is 0. The average molecular weight is 343 g/mol. The molecule has 3 rings (SSSR count). The molecule has 1 unspecified atom stereocenters. The Balaban J connectivity index is 1.86. The van der Waals surface area contributed by atoms with Gasteiger partial charge in [-0.2, -0.15) is 0 Å². The van der Waals surface area contributed by atoms with E-state index in [0.29, 0.717) is 12.8 Å². The van der Waals surface area contributed by atoms with Crippen LogP contribution in [0.3, 0.4) is 0 Å². The second-order valence-electron chi connectivity index (χ2n) is 6.67. The summed E-state index contributed by atoms with van der Waals surface area (Å²) in [5.74, 6) is -0.313. The van der Waals surface area contributed by atoms with E-state index in [1.165, 1.54) is 0 Å². The quantitative estimate of drug-likeness (QED) is 0.857. The molecule has 0 aromatic heterocycles. The standard InChI is InChI=1S/C19H21NO3S/c1-15-8-10-17(11-9-15)24(22,23)20-13-12-19(2,18(20)21)14-16-6-4-3-5-7-16/h3-11H,12-14H2,1-2H3. The molecule has 1 heterocycles. The molecule has 0 aliphatic carbocycles. The monoisotopic (exact) mass is 343 g/mol. The summed E-state index contributed by atoms with van der Waals surface area (Å²) in [7, 11) is -3.78. The number of hydrogen-bond donors (Lipinski definition) is 0. The molecule has 1 aliphatic heterocycles. The van der Waals surface area contributed by atoms with Gasteiger partial charge >= 0.3 is 0 Å². The zero-order valence-electron chi connectivity index (χ0n) is 13.9. The van der Waals surface area contributed by atoms with Crippen LogP contribution in [0.1, 0.15) is 24.5 Å². The molecule has 5 heteroatoms. The van der Waals surface area contributed by atoms with Crippen LogP contribution in [-0.4, -0.2) is 25.2 Å². The van der Waals surface area contributed by atoms with E-state index in [0.717, 1.165) is 15.4 Å². The molecule has 0 saturated carbocycles. The topological polar surface area (TPSA) is 54.5 Å². The Labute approximate surface area is 143 Å². The van der Waals surface area contributed by atoms with E-state index in [-0.39, 0.29) is 17.3 Å². The fourth-order valence-corrected chi connectivity index (χ4v) is 4.64. The third-order valence-corrected chi connectivity index (χ3v) is 6.45. The molecule has 1 amide bonds. The molecule has 2 aromatic rings. The Hall–Kier alpha value is -2.14. The summed E-state index contributed by atoms with van der Waals surface area (Å²) in [6.07, 6.45) is 1.08. The summed E-state index contributed by atoms with van der Waals surface area (Å²) in [5.41, 5.74) is 1.35. The minimum Gasteiger partial charge on any atom is -0.273 e. The predicted octanol–water partition coefficient (Wildman–Crippen LogP) is 3.17. The van der Waals surface area contributed by atoms with Crippen LogP contribution in [0, 0.1) is 12.3 Å². The number of amides is 1. The predicted molar refractivity (Wildman–Crippen MR) is 92.9 cm³/mol. The third kappa shape index (κ3) is 2.96. The Morgan fingerprint density at radius 1 is 1.04 bits per heavy atom. The number of hydrogen-bond acceptors (Lipinski definition) is 3. The van der Waals surface area contributed by atoms with Crippen LogP contribution < -0.4 is 0 Å². The Morgan fingerprint density at radius 2 is 1.67 bits per heavy atom. The van der Waals surface area contributed by atoms with Crippen molar-refractivity contribution in [2.75, 3.05) is 6.54 Å². The van der Waals surface area contributed by atoms with Crippen molar-refractivity contribution in [2.24, 2.45) is 5.41 Å². The highest BCUT2D eigenvalue weighted by Gasteiger charge is 2.47. The van der Waals surface area contributed by atoms with Crippen LogP contribution in [0.4, 0.5) is 0 Å². The van der Waals surface area contributed by atoms with Gasteiger partial charge in [0, 0.05) is 6.54 Å². The Kier molecular flexibility index (Phi) is 4.22. The summed E-state index contributed by atoms with van der Waals surface area (Å²) >= 11 is 0. The number of nitrogens with zero attached hydrogens (tertiary/aromatic N) is 1. The van der Waals surface area contributed by atoms with Gasteiger partial charge in [0.2, 0.25) is 5.91 Å². The van der Waals surface area contributed by atoms with Gasteiger partial charge in [-0.05, 0) is 37.5 Å². The van der Waals surface area contributed by atoms with Crippen molar-refractivity contribution >= 4 is 15.9 Å². The van der Waals surface area contributed by atoms with Crippen LogP contribution in [0.15, 0.2) is 59.5 Å². The molecule has 126 valence electrons. The Bertz CT molecular complexity index is 844. The molecule has 1 saturated heterocycles. The summed E-state index contributed by atoms with van der Waals surface area (Å²) in [6, 6.07) is 16.3. The molecule has 1 fully saturated rings. The highest BCUT2D eigenvalue weighted by Crippen LogP contribution is 2.37. The number of carbonyl (C=O) groups is 1. The van der Waals surface area contributed by atoms with Crippen molar-refractivity contribution < 1.29 is 13.2 Å².